The first-order valence-corrected chi connectivity index (χ1v) is 10.1. The summed E-state index contributed by atoms with van der Waals surface area (Å²) in [6.07, 6.45) is 0.857. The van der Waals surface area contributed by atoms with Crippen LogP contribution >= 0.6 is 11.3 Å². The van der Waals surface area contributed by atoms with Gasteiger partial charge in [0.15, 0.2) is 0 Å². The van der Waals surface area contributed by atoms with Crippen molar-refractivity contribution in [3.63, 3.8) is 0 Å². The zero-order valence-corrected chi connectivity index (χ0v) is 16.9. The van der Waals surface area contributed by atoms with Gasteiger partial charge in [-0.05, 0) is 42.8 Å². The second kappa shape index (κ2) is 8.67. The fourth-order valence-electron chi connectivity index (χ4n) is 3.58. The van der Waals surface area contributed by atoms with E-state index in [1.54, 1.807) is 16.2 Å². The predicted molar refractivity (Wildman–Crippen MR) is 107 cm³/mol. The van der Waals surface area contributed by atoms with Gasteiger partial charge in [0.05, 0.1) is 6.04 Å². The standard InChI is InChI=1S/C21H26N2O3S/c1-15(2)23(20(25)14-26-3)13-19(24)22-11-9-18-17(10-12-27-18)21(22)16-7-5-4-6-8-16/h4-8,10,12,15,21H,9,11,13-14H2,1-3H3. The summed E-state index contributed by atoms with van der Waals surface area (Å²) >= 11 is 1.75. The smallest absolute Gasteiger partial charge is 0.249 e. The highest BCUT2D eigenvalue weighted by atomic mass is 32.1. The molecule has 3 rings (SSSR count). The number of rotatable bonds is 6. The Kier molecular flexibility index (Phi) is 6.29. The van der Waals surface area contributed by atoms with Crippen LogP contribution in [0.15, 0.2) is 41.8 Å². The lowest BCUT2D eigenvalue weighted by Crippen LogP contribution is -2.49. The third kappa shape index (κ3) is 4.22. The molecule has 1 aromatic heterocycles. The topological polar surface area (TPSA) is 49.9 Å². The van der Waals surface area contributed by atoms with Gasteiger partial charge in [0.2, 0.25) is 11.8 Å². The maximum absolute atomic E-state index is 13.2. The first kappa shape index (κ1) is 19.6. The van der Waals surface area contributed by atoms with Crippen LogP contribution in [0.25, 0.3) is 0 Å². The third-order valence-corrected chi connectivity index (χ3v) is 5.92. The molecule has 27 heavy (non-hydrogen) atoms. The van der Waals surface area contributed by atoms with Crippen molar-refractivity contribution in [3.05, 3.63) is 57.8 Å². The minimum Gasteiger partial charge on any atom is -0.375 e. The van der Waals surface area contributed by atoms with E-state index in [4.69, 9.17) is 4.74 Å². The summed E-state index contributed by atoms with van der Waals surface area (Å²) in [7, 11) is 1.49. The van der Waals surface area contributed by atoms with Crippen molar-refractivity contribution in [1.82, 2.24) is 9.80 Å². The molecule has 144 valence electrons. The number of benzene rings is 1. The largest absolute Gasteiger partial charge is 0.375 e. The van der Waals surface area contributed by atoms with Gasteiger partial charge in [0.25, 0.3) is 0 Å². The Morgan fingerprint density at radius 2 is 2.00 bits per heavy atom. The molecule has 0 saturated heterocycles. The van der Waals surface area contributed by atoms with Crippen molar-refractivity contribution in [1.29, 1.82) is 0 Å². The Hall–Kier alpha value is -2.18. The highest BCUT2D eigenvalue weighted by Gasteiger charge is 2.34. The van der Waals surface area contributed by atoms with Gasteiger partial charge < -0.3 is 14.5 Å². The molecule has 2 aromatic rings. The number of fused-ring (bicyclic) bond motifs is 1. The van der Waals surface area contributed by atoms with E-state index in [0.717, 1.165) is 12.0 Å². The molecule has 0 bridgehead atoms. The van der Waals surface area contributed by atoms with Gasteiger partial charge in [-0.1, -0.05) is 30.3 Å². The van der Waals surface area contributed by atoms with Gasteiger partial charge in [-0.2, -0.15) is 0 Å². The molecule has 2 heterocycles. The van der Waals surface area contributed by atoms with Crippen LogP contribution in [0.4, 0.5) is 0 Å². The first-order chi connectivity index (χ1) is 13.0. The summed E-state index contributed by atoms with van der Waals surface area (Å²) in [6, 6.07) is 12.1. The average Bonchev–Trinajstić information content (AvgIpc) is 3.14. The van der Waals surface area contributed by atoms with Crippen LogP contribution in [0.2, 0.25) is 0 Å². The minimum absolute atomic E-state index is 0.0117. The summed E-state index contributed by atoms with van der Waals surface area (Å²) in [6.45, 7) is 4.56. The Labute approximate surface area is 164 Å². The number of thiophene rings is 1. The first-order valence-electron chi connectivity index (χ1n) is 9.22. The lowest BCUT2D eigenvalue weighted by atomic mass is 9.93. The minimum atomic E-state index is -0.162. The molecular weight excluding hydrogens is 360 g/mol. The fourth-order valence-corrected chi connectivity index (χ4v) is 4.49. The number of carbonyl (C=O) groups excluding carboxylic acids is 2. The number of carbonyl (C=O) groups is 2. The van der Waals surface area contributed by atoms with Crippen molar-refractivity contribution >= 4 is 23.2 Å². The summed E-state index contributed by atoms with van der Waals surface area (Å²) in [5.74, 6) is -0.191. The van der Waals surface area contributed by atoms with E-state index in [-0.39, 0.29) is 37.0 Å². The molecule has 6 heteroatoms. The van der Waals surface area contributed by atoms with Crippen LogP contribution in [0.1, 0.15) is 35.9 Å². The Bertz CT molecular complexity index is 788. The van der Waals surface area contributed by atoms with Crippen LogP contribution in [0.3, 0.4) is 0 Å². The van der Waals surface area contributed by atoms with Gasteiger partial charge >= 0.3 is 0 Å². The molecule has 0 N–H and O–H groups in total. The number of hydrogen-bond acceptors (Lipinski definition) is 4. The molecule has 1 aliphatic heterocycles. The van der Waals surface area contributed by atoms with Gasteiger partial charge in [-0.3, -0.25) is 9.59 Å². The lowest BCUT2D eigenvalue weighted by molar-refractivity contribution is -0.145. The van der Waals surface area contributed by atoms with Crippen molar-refractivity contribution in [2.24, 2.45) is 0 Å². The SMILES string of the molecule is COCC(=O)N(CC(=O)N1CCc2sccc2C1c1ccccc1)C(C)C. The molecule has 0 aliphatic carbocycles. The molecule has 1 aliphatic rings. The Balaban J connectivity index is 1.87. The molecule has 1 aromatic carbocycles. The van der Waals surface area contributed by atoms with Gasteiger partial charge in [0.1, 0.15) is 13.2 Å². The van der Waals surface area contributed by atoms with E-state index in [2.05, 4.69) is 23.6 Å². The highest BCUT2D eigenvalue weighted by Crippen LogP contribution is 2.37. The van der Waals surface area contributed by atoms with Crippen molar-refractivity contribution in [2.45, 2.75) is 32.4 Å². The van der Waals surface area contributed by atoms with Crippen LogP contribution < -0.4 is 0 Å². The molecule has 0 radical (unpaired) electrons. The summed E-state index contributed by atoms with van der Waals surface area (Å²) < 4.78 is 4.97. The molecule has 0 fully saturated rings. The van der Waals surface area contributed by atoms with Crippen molar-refractivity contribution in [2.75, 3.05) is 26.8 Å². The molecule has 0 saturated carbocycles. The predicted octanol–water partition coefficient (Wildman–Crippen LogP) is 3.11. The number of hydrogen-bond donors (Lipinski definition) is 0. The van der Waals surface area contributed by atoms with Crippen LogP contribution in [0.5, 0.6) is 0 Å². The fraction of sp³-hybridized carbons (Fsp3) is 0.429. The second-order valence-corrected chi connectivity index (χ2v) is 8.00. The summed E-state index contributed by atoms with van der Waals surface area (Å²) in [5, 5.41) is 2.09. The quantitative estimate of drug-likeness (QED) is 0.767. The van der Waals surface area contributed by atoms with E-state index in [1.165, 1.54) is 17.6 Å². The number of methoxy groups -OCH3 is 1. The monoisotopic (exact) mass is 386 g/mol. The van der Waals surface area contributed by atoms with E-state index < -0.39 is 0 Å². The highest BCUT2D eigenvalue weighted by molar-refractivity contribution is 7.10. The summed E-state index contributed by atoms with van der Waals surface area (Å²) in [5.41, 5.74) is 2.30. The van der Waals surface area contributed by atoms with Crippen LogP contribution in [-0.4, -0.2) is 54.5 Å². The zero-order valence-electron chi connectivity index (χ0n) is 16.1. The molecule has 1 atom stereocenters. The van der Waals surface area contributed by atoms with E-state index >= 15 is 0 Å². The zero-order chi connectivity index (χ0) is 19.4. The number of ether oxygens (including phenoxy) is 1. The Morgan fingerprint density at radius 3 is 2.67 bits per heavy atom. The molecule has 2 amide bonds. The van der Waals surface area contributed by atoms with E-state index in [0.29, 0.717) is 6.54 Å². The normalized spacial score (nSPS) is 16.3. The third-order valence-electron chi connectivity index (χ3n) is 4.92. The average molecular weight is 387 g/mol. The van der Waals surface area contributed by atoms with Crippen molar-refractivity contribution in [3.8, 4) is 0 Å². The maximum atomic E-state index is 13.2. The van der Waals surface area contributed by atoms with Gasteiger partial charge in [-0.15, -0.1) is 11.3 Å². The molecule has 1 unspecified atom stereocenters. The Morgan fingerprint density at radius 1 is 1.26 bits per heavy atom. The molecule has 0 spiro atoms. The number of amides is 2. The molecule has 5 nitrogen and oxygen atoms in total. The maximum Gasteiger partial charge on any atom is 0.249 e. The van der Waals surface area contributed by atoms with Gasteiger partial charge in [0, 0.05) is 24.6 Å². The summed E-state index contributed by atoms with van der Waals surface area (Å²) in [4.78, 5) is 30.4. The van der Waals surface area contributed by atoms with Gasteiger partial charge in [-0.25, -0.2) is 0 Å². The van der Waals surface area contributed by atoms with Crippen LogP contribution in [0, 0.1) is 0 Å². The number of nitrogens with zero attached hydrogens (tertiary/aromatic N) is 2. The molecular formula is C21H26N2O3S. The lowest BCUT2D eigenvalue weighted by Gasteiger charge is -2.38. The van der Waals surface area contributed by atoms with Crippen molar-refractivity contribution < 1.29 is 14.3 Å². The van der Waals surface area contributed by atoms with Crippen LogP contribution in [-0.2, 0) is 20.7 Å². The van der Waals surface area contributed by atoms with E-state index in [9.17, 15) is 9.59 Å². The second-order valence-electron chi connectivity index (χ2n) is 7.00. The van der Waals surface area contributed by atoms with E-state index in [1.807, 2.05) is 36.9 Å².